The second kappa shape index (κ2) is 11.3. The number of rotatable bonds is 11. The quantitative estimate of drug-likeness (QED) is 0.370. The summed E-state index contributed by atoms with van der Waals surface area (Å²) in [5, 5.41) is 11.6. The summed E-state index contributed by atoms with van der Waals surface area (Å²) in [7, 11) is 1.32. The van der Waals surface area contributed by atoms with Gasteiger partial charge in [0.2, 0.25) is 0 Å². The van der Waals surface area contributed by atoms with Gasteiger partial charge in [-0.25, -0.2) is 4.79 Å². The molecule has 0 unspecified atom stereocenters. The van der Waals surface area contributed by atoms with Crippen molar-refractivity contribution in [3.05, 3.63) is 35.9 Å². The van der Waals surface area contributed by atoms with Crippen molar-refractivity contribution < 1.29 is 24.2 Å². The first-order valence-corrected chi connectivity index (χ1v) is 7.57. The van der Waals surface area contributed by atoms with Gasteiger partial charge in [-0.3, -0.25) is 4.79 Å². The number of carboxylic acid groups (broad SMARTS) is 1. The van der Waals surface area contributed by atoms with Crippen LogP contribution >= 0.6 is 0 Å². The monoisotopic (exact) mass is 318 g/mol. The minimum Gasteiger partial charge on any atom is -0.481 e. The smallest absolute Gasteiger partial charge is 0.407 e. The number of ether oxygens (including phenoxy) is 1. The fraction of sp³-hybridized carbons (Fsp3) is 0.438. The summed E-state index contributed by atoms with van der Waals surface area (Å²) < 4.78 is 5.06. The summed E-state index contributed by atoms with van der Waals surface area (Å²) >= 11 is 0. The van der Waals surface area contributed by atoms with Crippen molar-refractivity contribution >= 4 is 25.5 Å². The van der Waals surface area contributed by atoms with Crippen LogP contribution in [0.25, 0.3) is 0 Å². The molecule has 1 aromatic carbocycles. The summed E-state index contributed by atoms with van der Waals surface area (Å²) in [6.45, 7) is 0.645. The maximum Gasteiger partial charge on any atom is 0.407 e. The number of alkyl carbamates (subject to hydrolysis) is 1. The van der Waals surface area contributed by atoms with Crippen LogP contribution in [-0.4, -0.2) is 37.2 Å². The zero-order chi connectivity index (χ0) is 16.9. The number of aliphatic carboxylic acids is 1. The van der Waals surface area contributed by atoms with E-state index >= 15 is 0 Å². The maximum atomic E-state index is 11.5. The zero-order valence-electron chi connectivity index (χ0n) is 12.9. The summed E-state index contributed by atoms with van der Waals surface area (Å²) in [6, 6.07) is 9.38. The molecule has 1 rings (SSSR count). The molecule has 2 N–H and O–H groups in total. The molecule has 0 spiro atoms. The fourth-order valence-electron chi connectivity index (χ4n) is 2.04. The van der Waals surface area contributed by atoms with E-state index < -0.39 is 18.0 Å². The first kappa shape index (κ1) is 18.7. The van der Waals surface area contributed by atoms with Gasteiger partial charge in [-0.2, -0.15) is 0 Å². The highest BCUT2D eigenvalue weighted by molar-refractivity contribution is 6.66. The van der Waals surface area contributed by atoms with Gasteiger partial charge in [-0.1, -0.05) is 43.1 Å². The Kier molecular flexibility index (Phi) is 9.20. The van der Waals surface area contributed by atoms with Crippen LogP contribution in [0, 0.1) is 5.92 Å². The number of hydrogen-bond acceptors (Lipinski definition) is 4. The molecular formula is C16H21BNO5. The molecule has 1 atom stereocenters. The third kappa shape index (κ3) is 8.65. The van der Waals surface area contributed by atoms with Crippen LogP contribution in [0.5, 0.6) is 0 Å². The molecule has 0 saturated heterocycles. The Labute approximate surface area is 136 Å². The van der Waals surface area contributed by atoms with Crippen molar-refractivity contribution in [1.29, 1.82) is 0 Å². The molecule has 0 aliphatic carbocycles. The molecule has 0 bridgehead atoms. The van der Waals surface area contributed by atoms with Crippen LogP contribution < -0.4 is 5.32 Å². The Morgan fingerprint density at radius 1 is 1.26 bits per heavy atom. The summed E-state index contributed by atoms with van der Waals surface area (Å²) in [6.07, 6.45) is 2.15. The van der Waals surface area contributed by atoms with E-state index in [2.05, 4.69) is 5.32 Å². The lowest BCUT2D eigenvalue weighted by Gasteiger charge is -2.10. The molecule has 0 fully saturated rings. The normalized spacial score (nSPS) is 11.3. The van der Waals surface area contributed by atoms with E-state index in [0.717, 1.165) is 5.56 Å². The number of benzene rings is 1. The Hall–Kier alpha value is -2.31. The van der Waals surface area contributed by atoms with Gasteiger partial charge in [0.25, 0.3) is 0 Å². The lowest BCUT2D eigenvalue weighted by Crippen LogP contribution is -2.25. The van der Waals surface area contributed by atoms with Gasteiger partial charge in [0.1, 0.15) is 6.61 Å². The van der Waals surface area contributed by atoms with E-state index in [0.29, 0.717) is 32.0 Å². The number of unbranched alkanes of at least 4 members (excludes halogenated alkanes) is 1. The standard InChI is InChI=1S/C16H21BNO5/c19-12-17-10-14(15(20)21)8-4-5-9-18-16(22)23-11-13-6-2-1-3-7-13/h1-3,6-7,12,14H,4-5,8-11H2,(H,18,22)(H,20,21)/t14-/m1/s1. The van der Waals surface area contributed by atoms with Crippen LogP contribution in [-0.2, 0) is 20.9 Å². The summed E-state index contributed by atoms with van der Waals surface area (Å²) in [5.74, 6) is -1.46. The van der Waals surface area contributed by atoms with E-state index in [9.17, 15) is 14.4 Å². The number of nitrogens with one attached hydrogen (secondary N) is 1. The van der Waals surface area contributed by atoms with E-state index in [4.69, 9.17) is 9.84 Å². The highest BCUT2D eigenvalue weighted by Crippen LogP contribution is 2.13. The Morgan fingerprint density at radius 2 is 2.00 bits per heavy atom. The predicted molar refractivity (Wildman–Crippen MR) is 86.9 cm³/mol. The molecule has 0 saturated carbocycles. The van der Waals surface area contributed by atoms with Crippen LogP contribution in [0.3, 0.4) is 0 Å². The predicted octanol–water partition coefficient (Wildman–Crippen LogP) is 2.10. The lowest BCUT2D eigenvalue weighted by molar-refractivity contribution is -0.141. The number of carbonyl (C=O) groups excluding carboxylic acids is 2. The van der Waals surface area contributed by atoms with Gasteiger partial charge < -0.3 is 20.0 Å². The topological polar surface area (TPSA) is 92.7 Å². The SMILES string of the molecule is O=C[B]C[C@@H](CCCCNC(=O)OCc1ccccc1)C(=O)O. The van der Waals surface area contributed by atoms with Crippen molar-refractivity contribution in [2.45, 2.75) is 32.2 Å². The van der Waals surface area contributed by atoms with Crippen molar-refractivity contribution in [1.82, 2.24) is 5.32 Å². The first-order chi connectivity index (χ1) is 11.1. The Bertz CT molecular complexity index is 495. The number of carbonyl (C=O) groups is 3. The second-order valence-electron chi connectivity index (χ2n) is 5.13. The average molecular weight is 318 g/mol. The lowest BCUT2D eigenvalue weighted by atomic mass is 9.70. The van der Waals surface area contributed by atoms with E-state index in [1.165, 1.54) is 7.28 Å². The van der Waals surface area contributed by atoms with Gasteiger partial charge in [0.15, 0.2) is 7.28 Å². The van der Waals surface area contributed by atoms with Gasteiger partial charge in [-0.05, 0) is 18.4 Å². The number of amides is 1. The molecule has 6 nitrogen and oxygen atoms in total. The molecule has 0 heterocycles. The van der Waals surface area contributed by atoms with Gasteiger partial charge in [0.05, 0.1) is 12.1 Å². The van der Waals surface area contributed by atoms with E-state index in [1.54, 1.807) is 0 Å². The van der Waals surface area contributed by atoms with Crippen LogP contribution in [0.15, 0.2) is 30.3 Å². The van der Waals surface area contributed by atoms with E-state index in [1.807, 2.05) is 30.3 Å². The van der Waals surface area contributed by atoms with Crippen molar-refractivity contribution in [2.75, 3.05) is 6.54 Å². The highest BCUT2D eigenvalue weighted by Gasteiger charge is 2.16. The first-order valence-electron chi connectivity index (χ1n) is 7.57. The minimum atomic E-state index is -0.904. The molecule has 0 aromatic heterocycles. The molecule has 1 amide bonds. The third-order valence-corrected chi connectivity index (χ3v) is 3.33. The molecule has 0 aliphatic rings. The van der Waals surface area contributed by atoms with Crippen molar-refractivity contribution in [3.63, 3.8) is 0 Å². The minimum absolute atomic E-state index is 0.218. The molecule has 0 aliphatic heterocycles. The largest absolute Gasteiger partial charge is 0.481 e. The summed E-state index contributed by atoms with van der Waals surface area (Å²) in [5.41, 5.74) is 0.915. The van der Waals surface area contributed by atoms with Crippen molar-refractivity contribution in [2.24, 2.45) is 5.92 Å². The fourth-order valence-corrected chi connectivity index (χ4v) is 2.04. The van der Waals surface area contributed by atoms with Crippen LogP contribution in [0.2, 0.25) is 6.32 Å². The third-order valence-electron chi connectivity index (χ3n) is 3.33. The molecule has 123 valence electrons. The van der Waals surface area contributed by atoms with Crippen molar-refractivity contribution in [3.8, 4) is 0 Å². The highest BCUT2D eigenvalue weighted by atomic mass is 16.5. The Morgan fingerprint density at radius 3 is 2.65 bits per heavy atom. The zero-order valence-corrected chi connectivity index (χ0v) is 12.9. The van der Waals surface area contributed by atoms with Gasteiger partial charge in [-0.15, -0.1) is 0 Å². The molecule has 7 heteroatoms. The van der Waals surface area contributed by atoms with Gasteiger partial charge in [0, 0.05) is 6.54 Å². The number of carboxylic acids is 1. The van der Waals surface area contributed by atoms with Gasteiger partial charge >= 0.3 is 12.1 Å². The Balaban J connectivity index is 2.10. The number of hydrogen-bond donors (Lipinski definition) is 2. The maximum absolute atomic E-state index is 11.5. The average Bonchev–Trinajstić information content (AvgIpc) is 2.56. The van der Waals surface area contributed by atoms with E-state index in [-0.39, 0.29) is 12.9 Å². The van der Waals surface area contributed by atoms with Crippen LogP contribution in [0.1, 0.15) is 24.8 Å². The molecule has 1 radical (unpaired) electrons. The molecular weight excluding hydrogens is 297 g/mol. The summed E-state index contributed by atoms with van der Waals surface area (Å²) in [4.78, 5) is 32.7. The molecule has 23 heavy (non-hydrogen) atoms. The second-order valence-corrected chi connectivity index (χ2v) is 5.13. The molecule has 1 aromatic rings. The van der Waals surface area contributed by atoms with Crippen LogP contribution in [0.4, 0.5) is 4.79 Å².